The molecule has 0 aromatic carbocycles. The second-order valence-electron chi connectivity index (χ2n) is 3.40. The minimum atomic E-state index is -4.58. The van der Waals surface area contributed by atoms with Crippen LogP contribution >= 0.6 is 0 Å². The maximum Gasteiger partial charge on any atom is 0.431 e. The molecule has 0 aliphatic rings. The third kappa shape index (κ3) is 2.00. The van der Waals surface area contributed by atoms with Gasteiger partial charge in [0.05, 0.1) is 11.3 Å². The Morgan fingerprint density at radius 3 is 2.61 bits per heavy atom. The van der Waals surface area contributed by atoms with Crippen LogP contribution in [0.25, 0.3) is 11.5 Å². The number of hydrogen-bond donors (Lipinski definition) is 1. The van der Waals surface area contributed by atoms with E-state index < -0.39 is 11.9 Å². The van der Waals surface area contributed by atoms with Crippen molar-refractivity contribution < 1.29 is 22.4 Å². The van der Waals surface area contributed by atoms with Gasteiger partial charge in [0.15, 0.2) is 17.8 Å². The van der Waals surface area contributed by atoms with Crippen molar-refractivity contribution in [2.75, 3.05) is 0 Å². The van der Waals surface area contributed by atoms with Crippen LogP contribution in [0, 0.1) is 11.3 Å². The molecule has 0 amide bonds. The zero-order valence-electron chi connectivity index (χ0n) is 8.71. The minimum absolute atomic E-state index is 0.00384. The van der Waals surface area contributed by atoms with E-state index in [9.17, 15) is 18.0 Å². The van der Waals surface area contributed by atoms with Crippen molar-refractivity contribution in [2.45, 2.75) is 6.18 Å². The summed E-state index contributed by atoms with van der Waals surface area (Å²) < 4.78 is 42.4. The highest BCUT2D eigenvalue weighted by Gasteiger charge is 2.34. The maximum absolute atomic E-state index is 12.5. The quantitative estimate of drug-likeness (QED) is 0.837. The van der Waals surface area contributed by atoms with Gasteiger partial charge in [-0.3, -0.25) is 4.79 Å². The van der Waals surface area contributed by atoms with E-state index in [2.05, 4.69) is 4.98 Å². The summed E-state index contributed by atoms with van der Waals surface area (Å²) in [5.41, 5.74) is -1.34. The van der Waals surface area contributed by atoms with Gasteiger partial charge in [0.25, 0.3) is 0 Å². The van der Waals surface area contributed by atoms with E-state index in [1.807, 2.05) is 0 Å². The summed E-state index contributed by atoms with van der Waals surface area (Å²) in [6.45, 7) is 0. The van der Waals surface area contributed by atoms with Crippen LogP contribution < -0.4 is 0 Å². The lowest BCUT2D eigenvalue weighted by atomic mass is 10.2. The van der Waals surface area contributed by atoms with Gasteiger partial charge in [-0.2, -0.15) is 18.4 Å². The van der Waals surface area contributed by atoms with Crippen molar-refractivity contribution in [1.29, 1.82) is 5.26 Å². The predicted octanol–water partition coefficient (Wildman–Crippen LogP) is 2.98. The fraction of sp³-hybridized carbons (Fsp3) is 0.0909. The number of nitriles is 1. The van der Waals surface area contributed by atoms with Gasteiger partial charge in [0.2, 0.25) is 0 Å². The number of nitrogens with one attached hydrogen (secondary N) is 1. The van der Waals surface area contributed by atoms with Gasteiger partial charge in [-0.1, -0.05) is 0 Å². The Hall–Kier alpha value is -2.49. The fourth-order valence-corrected chi connectivity index (χ4v) is 1.44. The highest BCUT2D eigenvalue weighted by Crippen LogP contribution is 2.33. The van der Waals surface area contributed by atoms with Crippen LogP contribution in [0.4, 0.5) is 13.2 Å². The Labute approximate surface area is 98.6 Å². The normalized spacial score (nSPS) is 11.2. The first-order chi connectivity index (χ1) is 8.45. The molecule has 4 nitrogen and oxygen atoms in total. The van der Waals surface area contributed by atoms with Crippen LogP contribution in [0.2, 0.25) is 0 Å². The Morgan fingerprint density at radius 2 is 2.11 bits per heavy atom. The van der Waals surface area contributed by atoms with Crippen molar-refractivity contribution in [1.82, 2.24) is 4.98 Å². The molecular formula is C11H5F3N2O2. The minimum Gasteiger partial charge on any atom is -0.452 e. The molecule has 2 rings (SSSR count). The number of hydrogen-bond acceptors (Lipinski definition) is 3. The predicted molar refractivity (Wildman–Crippen MR) is 53.6 cm³/mol. The molecule has 0 fully saturated rings. The second kappa shape index (κ2) is 4.07. The van der Waals surface area contributed by atoms with Crippen LogP contribution in [-0.2, 0) is 6.18 Å². The Kier molecular flexibility index (Phi) is 2.71. The third-order valence-corrected chi connectivity index (χ3v) is 2.23. The average Bonchev–Trinajstić information content (AvgIpc) is 2.93. The molecule has 2 aromatic heterocycles. The van der Waals surface area contributed by atoms with Crippen LogP contribution in [0.3, 0.4) is 0 Å². The van der Waals surface area contributed by atoms with E-state index >= 15 is 0 Å². The highest BCUT2D eigenvalue weighted by molar-refractivity contribution is 5.73. The molecule has 0 unspecified atom stereocenters. The van der Waals surface area contributed by atoms with Gasteiger partial charge in [-0.05, 0) is 18.2 Å². The van der Waals surface area contributed by atoms with Crippen molar-refractivity contribution in [3.8, 4) is 17.5 Å². The molecule has 0 saturated heterocycles. The maximum atomic E-state index is 12.5. The number of aromatic nitrogens is 1. The number of carbonyl (C=O) groups excluding carboxylic acids is 1. The summed E-state index contributed by atoms with van der Waals surface area (Å²) in [7, 11) is 0. The first-order valence-electron chi connectivity index (χ1n) is 4.71. The summed E-state index contributed by atoms with van der Waals surface area (Å²) in [5, 5.41) is 8.77. The van der Waals surface area contributed by atoms with E-state index in [4.69, 9.17) is 9.68 Å². The zero-order valence-corrected chi connectivity index (χ0v) is 8.71. The molecule has 7 heteroatoms. The summed E-state index contributed by atoms with van der Waals surface area (Å²) >= 11 is 0. The van der Waals surface area contributed by atoms with Gasteiger partial charge in [0.1, 0.15) is 11.8 Å². The second-order valence-corrected chi connectivity index (χ2v) is 3.40. The smallest absolute Gasteiger partial charge is 0.431 e. The first kappa shape index (κ1) is 12.0. The number of furan rings is 1. The van der Waals surface area contributed by atoms with Crippen molar-refractivity contribution >= 4 is 6.29 Å². The van der Waals surface area contributed by atoms with E-state index in [1.165, 1.54) is 12.1 Å². The zero-order chi connectivity index (χ0) is 13.3. The molecule has 2 aromatic rings. The number of nitrogens with zero attached hydrogens (tertiary/aromatic N) is 1. The lowest BCUT2D eigenvalue weighted by molar-refractivity contribution is -0.140. The molecule has 0 aliphatic carbocycles. The van der Waals surface area contributed by atoms with E-state index in [0.29, 0.717) is 12.4 Å². The molecule has 0 aliphatic heterocycles. The summed E-state index contributed by atoms with van der Waals surface area (Å²) in [5.74, 6) is -0.0267. The molecule has 2 heterocycles. The Bertz CT molecular complexity index is 631. The van der Waals surface area contributed by atoms with Crippen LogP contribution in [0.15, 0.2) is 22.6 Å². The van der Waals surface area contributed by atoms with Crippen LogP contribution in [0.5, 0.6) is 0 Å². The number of alkyl halides is 3. The van der Waals surface area contributed by atoms with E-state index in [-0.39, 0.29) is 22.8 Å². The molecular weight excluding hydrogens is 249 g/mol. The number of halogens is 3. The summed E-state index contributed by atoms with van der Waals surface area (Å²) in [6, 6.07) is 4.95. The van der Waals surface area contributed by atoms with Gasteiger partial charge < -0.3 is 9.40 Å². The number of carbonyl (C=O) groups is 1. The Balaban J connectivity index is 2.54. The van der Waals surface area contributed by atoms with Crippen molar-refractivity contribution in [2.24, 2.45) is 0 Å². The summed E-state index contributed by atoms with van der Waals surface area (Å²) in [6.07, 6.45) is -4.16. The number of H-pyrrole nitrogens is 1. The molecule has 0 bridgehead atoms. The van der Waals surface area contributed by atoms with Crippen molar-refractivity contribution in [3.63, 3.8) is 0 Å². The van der Waals surface area contributed by atoms with Gasteiger partial charge in [-0.15, -0.1) is 0 Å². The standard InChI is InChI=1S/C11H5F3N2O2/c12-11(13,14)9-3-6(4-15)10(16-9)8-2-1-7(5-17)18-8/h1-3,5,16H. The fourth-order valence-electron chi connectivity index (χ4n) is 1.44. The van der Waals surface area contributed by atoms with Crippen LogP contribution in [0.1, 0.15) is 21.8 Å². The molecule has 0 spiro atoms. The monoisotopic (exact) mass is 254 g/mol. The van der Waals surface area contributed by atoms with Gasteiger partial charge in [0, 0.05) is 0 Å². The molecule has 0 radical (unpaired) electrons. The molecule has 0 saturated carbocycles. The van der Waals surface area contributed by atoms with Gasteiger partial charge in [-0.25, -0.2) is 0 Å². The largest absolute Gasteiger partial charge is 0.452 e. The van der Waals surface area contributed by atoms with E-state index in [1.54, 1.807) is 6.07 Å². The topological polar surface area (TPSA) is 69.8 Å². The Morgan fingerprint density at radius 1 is 1.39 bits per heavy atom. The highest BCUT2D eigenvalue weighted by atomic mass is 19.4. The number of aromatic amines is 1. The van der Waals surface area contributed by atoms with Crippen LogP contribution in [-0.4, -0.2) is 11.3 Å². The SMILES string of the molecule is N#Cc1cc(C(F)(F)F)[nH]c1-c1ccc(C=O)o1. The lowest BCUT2D eigenvalue weighted by Crippen LogP contribution is -2.04. The third-order valence-electron chi connectivity index (χ3n) is 2.23. The average molecular weight is 254 g/mol. The number of aldehydes is 1. The lowest BCUT2D eigenvalue weighted by Gasteiger charge is -2.01. The van der Waals surface area contributed by atoms with Crippen molar-refractivity contribution in [3.05, 3.63) is 35.2 Å². The number of rotatable bonds is 2. The molecule has 0 atom stereocenters. The first-order valence-corrected chi connectivity index (χ1v) is 4.71. The van der Waals surface area contributed by atoms with Gasteiger partial charge >= 0.3 is 6.18 Å². The molecule has 18 heavy (non-hydrogen) atoms. The molecule has 1 N–H and O–H groups in total. The summed E-state index contributed by atoms with van der Waals surface area (Å²) in [4.78, 5) is 12.5. The molecule has 92 valence electrons. The van der Waals surface area contributed by atoms with E-state index in [0.717, 1.165) is 0 Å².